The van der Waals surface area contributed by atoms with E-state index in [1.54, 1.807) is 16.8 Å². The predicted molar refractivity (Wildman–Crippen MR) is 109 cm³/mol. The molecule has 0 radical (unpaired) electrons. The molecule has 0 bridgehead atoms. The molecule has 1 fully saturated rings. The standard InChI is InChI=1S/C23H27FN2O3/c1-17-5-3-7-21(15-17)29-14-13-25(2)22(27)19-6-4-12-26(16-19)23(28)18-8-10-20(24)11-9-18/h3,5,7-11,15,19H,4,6,12-14,16H2,1-2H3. The minimum Gasteiger partial charge on any atom is -0.492 e. The zero-order chi connectivity index (χ0) is 20.8. The van der Waals surface area contributed by atoms with Gasteiger partial charge in [0.25, 0.3) is 5.91 Å². The molecule has 1 heterocycles. The summed E-state index contributed by atoms with van der Waals surface area (Å²) in [5.74, 6) is 0.0573. The molecule has 2 aromatic rings. The molecule has 1 aliphatic heterocycles. The normalized spacial score (nSPS) is 16.4. The minimum absolute atomic E-state index is 0.0226. The summed E-state index contributed by atoms with van der Waals surface area (Å²) in [6, 6.07) is 13.3. The van der Waals surface area contributed by atoms with Crippen LogP contribution in [0.3, 0.4) is 0 Å². The fourth-order valence-electron chi connectivity index (χ4n) is 3.57. The van der Waals surface area contributed by atoms with Crippen molar-refractivity contribution in [2.75, 3.05) is 33.3 Å². The van der Waals surface area contributed by atoms with Crippen LogP contribution in [0, 0.1) is 18.7 Å². The monoisotopic (exact) mass is 398 g/mol. The number of benzene rings is 2. The summed E-state index contributed by atoms with van der Waals surface area (Å²) in [6.45, 7) is 3.90. The lowest BCUT2D eigenvalue weighted by Gasteiger charge is -2.34. The lowest BCUT2D eigenvalue weighted by molar-refractivity contribution is -0.135. The van der Waals surface area contributed by atoms with E-state index < -0.39 is 0 Å². The van der Waals surface area contributed by atoms with Crippen LogP contribution in [-0.2, 0) is 4.79 Å². The third-order valence-corrected chi connectivity index (χ3v) is 5.21. The number of amides is 2. The summed E-state index contributed by atoms with van der Waals surface area (Å²) in [5, 5.41) is 0. The van der Waals surface area contributed by atoms with E-state index in [4.69, 9.17) is 4.74 Å². The number of hydrogen-bond acceptors (Lipinski definition) is 3. The molecule has 1 aliphatic rings. The van der Waals surface area contributed by atoms with Crippen molar-refractivity contribution in [3.05, 3.63) is 65.5 Å². The van der Waals surface area contributed by atoms with E-state index in [0.29, 0.717) is 31.8 Å². The number of rotatable bonds is 6. The summed E-state index contributed by atoms with van der Waals surface area (Å²) in [6.07, 6.45) is 1.53. The maximum absolute atomic E-state index is 13.1. The summed E-state index contributed by atoms with van der Waals surface area (Å²) in [4.78, 5) is 28.9. The third-order valence-electron chi connectivity index (χ3n) is 5.21. The number of halogens is 1. The van der Waals surface area contributed by atoms with E-state index >= 15 is 0 Å². The van der Waals surface area contributed by atoms with Crippen molar-refractivity contribution in [2.45, 2.75) is 19.8 Å². The maximum atomic E-state index is 13.1. The first kappa shape index (κ1) is 20.8. The second-order valence-electron chi connectivity index (χ2n) is 7.52. The number of piperidine rings is 1. The van der Waals surface area contributed by atoms with Gasteiger partial charge in [-0.2, -0.15) is 0 Å². The van der Waals surface area contributed by atoms with Gasteiger partial charge in [-0.25, -0.2) is 4.39 Å². The van der Waals surface area contributed by atoms with Crippen molar-refractivity contribution >= 4 is 11.8 Å². The van der Waals surface area contributed by atoms with Gasteiger partial charge in [0.1, 0.15) is 18.2 Å². The number of carbonyl (C=O) groups is 2. The zero-order valence-corrected chi connectivity index (χ0v) is 16.9. The van der Waals surface area contributed by atoms with Crippen molar-refractivity contribution < 1.29 is 18.7 Å². The number of nitrogens with zero attached hydrogens (tertiary/aromatic N) is 2. The Morgan fingerprint density at radius 3 is 2.69 bits per heavy atom. The zero-order valence-electron chi connectivity index (χ0n) is 16.9. The summed E-state index contributed by atoms with van der Waals surface area (Å²) in [5.41, 5.74) is 1.57. The smallest absolute Gasteiger partial charge is 0.253 e. The molecular weight excluding hydrogens is 371 g/mol. The van der Waals surface area contributed by atoms with Gasteiger partial charge in [0.2, 0.25) is 5.91 Å². The van der Waals surface area contributed by atoms with Gasteiger partial charge < -0.3 is 14.5 Å². The molecule has 2 amide bonds. The van der Waals surface area contributed by atoms with Gasteiger partial charge in [0.05, 0.1) is 12.5 Å². The van der Waals surface area contributed by atoms with Crippen molar-refractivity contribution in [3.8, 4) is 5.75 Å². The van der Waals surface area contributed by atoms with Gasteiger partial charge in [-0.15, -0.1) is 0 Å². The molecule has 1 atom stereocenters. The van der Waals surface area contributed by atoms with Crippen LogP contribution in [-0.4, -0.2) is 54.9 Å². The van der Waals surface area contributed by atoms with Crippen molar-refractivity contribution in [1.29, 1.82) is 0 Å². The molecule has 0 aromatic heterocycles. The molecule has 6 heteroatoms. The van der Waals surface area contributed by atoms with E-state index in [2.05, 4.69) is 0 Å². The van der Waals surface area contributed by atoms with E-state index in [1.165, 1.54) is 24.3 Å². The van der Waals surface area contributed by atoms with Gasteiger partial charge in [-0.3, -0.25) is 9.59 Å². The minimum atomic E-state index is -0.372. The van der Waals surface area contributed by atoms with Crippen LogP contribution in [0.1, 0.15) is 28.8 Å². The topological polar surface area (TPSA) is 49.9 Å². The first-order valence-electron chi connectivity index (χ1n) is 9.93. The van der Waals surface area contributed by atoms with Crippen LogP contribution < -0.4 is 4.74 Å². The Labute approximate surface area is 171 Å². The highest BCUT2D eigenvalue weighted by atomic mass is 19.1. The number of aryl methyl sites for hydroxylation is 1. The molecule has 0 aliphatic carbocycles. The first-order chi connectivity index (χ1) is 13.9. The van der Waals surface area contributed by atoms with Crippen LogP contribution in [0.25, 0.3) is 0 Å². The van der Waals surface area contributed by atoms with Gasteiger partial charge in [0, 0.05) is 25.7 Å². The fourth-order valence-corrected chi connectivity index (χ4v) is 3.57. The molecule has 0 N–H and O–H groups in total. The molecule has 29 heavy (non-hydrogen) atoms. The highest BCUT2D eigenvalue weighted by molar-refractivity contribution is 5.94. The van der Waals surface area contributed by atoms with Crippen molar-refractivity contribution in [3.63, 3.8) is 0 Å². The molecular formula is C23H27FN2O3. The molecule has 5 nitrogen and oxygen atoms in total. The number of hydrogen-bond donors (Lipinski definition) is 0. The molecule has 2 aromatic carbocycles. The first-order valence-corrected chi connectivity index (χ1v) is 9.93. The van der Waals surface area contributed by atoms with Crippen LogP contribution in [0.5, 0.6) is 5.75 Å². The molecule has 3 rings (SSSR count). The highest BCUT2D eigenvalue weighted by Crippen LogP contribution is 2.21. The molecule has 1 unspecified atom stereocenters. The number of ether oxygens (including phenoxy) is 1. The Morgan fingerprint density at radius 1 is 1.21 bits per heavy atom. The van der Waals surface area contributed by atoms with Gasteiger partial charge >= 0.3 is 0 Å². The Bertz CT molecular complexity index is 853. The average Bonchev–Trinajstić information content (AvgIpc) is 2.73. The van der Waals surface area contributed by atoms with Crippen LogP contribution in [0.15, 0.2) is 48.5 Å². The quantitative estimate of drug-likeness (QED) is 0.748. The second kappa shape index (κ2) is 9.54. The SMILES string of the molecule is Cc1cccc(OCCN(C)C(=O)C2CCCN(C(=O)c3ccc(F)cc3)C2)c1. The van der Waals surface area contributed by atoms with E-state index in [-0.39, 0.29) is 23.5 Å². The second-order valence-corrected chi connectivity index (χ2v) is 7.52. The van der Waals surface area contributed by atoms with Crippen LogP contribution in [0.2, 0.25) is 0 Å². The Morgan fingerprint density at radius 2 is 1.97 bits per heavy atom. The van der Waals surface area contributed by atoms with Gasteiger partial charge in [-0.1, -0.05) is 12.1 Å². The fraction of sp³-hybridized carbons (Fsp3) is 0.391. The van der Waals surface area contributed by atoms with Gasteiger partial charge in [-0.05, 0) is 61.7 Å². The lowest BCUT2D eigenvalue weighted by atomic mass is 9.96. The van der Waals surface area contributed by atoms with Gasteiger partial charge in [0.15, 0.2) is 0 Å². The van der Waals surface area contributed by atoms with Crippen LogP contribution >= 0.6 is 0 Å². The maximum Gasteiger partial charge on any atom is 0.253 e. The summed E-state index contributed by atoms with van der Waals surface area (Å²) >= 11 is 0. The molecule has 1 saturated heterocycles. The predicted octanol–water partition coefficient (Wildman–Crippen LogP) is 3.52. The van der Waals surface area contributed by atoms with E-state index in [1.807, 2.05) is 31.2 Å². The third kappa shape index (κ3) is 5.56. The molecule has 0 saturated carbocycles. The Balaban J connectivity index is 1.51. The van der Waals surface area contributed by atoms with E-state index in [9.17, 15) is 14.0 Å². The van der Waals surface area contributed by atoms with Crippen LogP contribution in [0.4, 0.5) is 4.39 Å². The molecule has 154 valence electrons. The number of carbonyl (C=O) groups excluding carboxylic acids is 2. The van der Waals surface area contributed by atoms with Crippen molar-refractivity contribution in [1.82, 2.24) is 9.80 Å². The summed E-state index contributed by atoms with van der Waals surface area (Å²) in [7, 11) is 1.77. The Hall–Kier alpha value is -2.89. The number of likely N-dealkylation sites (tertiary alicyclic amines) is 1. The van der Waals surface area contributed by atoms with Crippen molar-refractivity contribution in [2.24, 2.45) is 5.92 Å². The van der Waals surface area contributed by atoms with E-state index in [0.717, 1.165) is 24.2 Å². The number of likely N-dealkylation sites (N-methyl/N-ethyl adjacent to an activating group) is 1. The molecule has 0 spiro atoms. The highest BCUT2D eigenvalue weighted by Gasteiger charge is 2.30. The summed E-state index contributed by atoms with van der Waals surface area (Å²) < 4.78 is 18.8. The largest absolute Gasteiger partial charge is 0.492 e. The lowest BCUT2D eigenvalue weighted by Crippen LogP contribution is -2.46. The Kier molecular flexibility index (Phi) is 6.86. The average molecular weight is 398 g/mol.